The summed E-state index contributed by atoms with van der Waals surface area (Å²) in [5, 5.41) is 0. The van der Waals surface area contributed by atoms with Crippen molar-refractivity contribution in [3.8, 4) is 16.9 Å². The second kappa shape index (κ2) is 6.68. The first-order valence-corrected chi connectivity index (χ1v) is 7.03. The molecule has 3 aromatic rings. The largest absolute Gasteiger partial charge is 0.489 e. The van der Waals surface area contributed by atoms with Gasteiger partial charge < -0.3 is 4.74 Å². The van der Waals surface area contributed by atoms with E-state index >= 15 is 0 Å². The Morgan fingerprint density at radius 1 is 0.955 bits per heavy atom. The fourth-order valence-electron chi connectivity index (χ4n) is 2.24. The number of ether oxygens (including phenoxy) is 1. The molecule has 0 saturated heterocycles. The second-order valence-corrected chi connectivity index (χ2v) is 4.88. The van der Waals surface area contributed by atoms with E-state index in [4.69, 9.17) is 4.74 Å². The van der Waals surface area contributed by atoms with Crippen molar-refractivity contribution in [2.24, 2.45) is 0 Å². The summed E-state index contributed by atoms with van der Waals surface area (Å²) in [5.74, 6) is 0.800. The monoisotopic (exact) mass is 289 g/mol. The van der Waals surface area contributed by atoms with Crippen LogP contribution in [0.25, 0.3) is 11.1 Å². The highest BCUT2D eigenvalue weighted by Gasteiger charge is 2.04. The van der Waals surface area contributed by atoms with Crippen LogP contribution in [0.2, 0.25) is 0 Å². The Labute approximate surface area is 129 Å². The predicted molar refractivity (Wildman–Crippen MR) is 85.8 cm³/mol. The number of pyridine rings is 1. The number of rotatable bonds is 5. The highest BCUT2D eigenvalue weighted by molar-refractivity contribution is 5.86. The molecule has 108 valence electrons. The van der Waals surface area contributed by atoms with Gasteiger partial charge in [-0.05, 0) is 34.9 Å². The van der Waals surface area contributed by atoms with Crippen molar-refractivity contribution in [3.63, 3.8) is 0 Å². The van der Waals surface area contributed by atoms with Gasteiger partial charge in [-0.25, -0.2) is 0 Å². The minimum Gasteiger partial charge on any atom is -0.489 e. The molecular weight excluding hydrogens is 274 g/mol. The molecule has 3 heteroatoms. The van der Waals surface area contributed by atoms with E-state index in [-0.39, 0.29) is 0 Å². The normalized spacial score (nSPS) is 10.2. The van der Waals surface area contributed by atoms with Crippen molar-refractivity contribution >= 4 is 6.29 Å². The first-order chi connectivity index (χ1) is 10.9. The summed E-state index contributed by atoms with van der Waals surface area (Å²) >= 11 is 0. The van der Waals surface area contributed by atoms with Gasteiger partial charge in [-0.1, -0.05) is 42.5 Å². The summed E-state index contributed by atoms with van der Waals surface area (Å²) < 4.78 is 5.76. The number of aromatic nitrogens is 1. The topological polar surface area (TPSA) is 39.2 Å². The Bertz CT molecular complexity index is 752. The zero-order valence-electron chi connectivity index (χ0n) is 12.0. The van der Waals surface area contributed by atoms with E-state index in [1.165, 1.54) is 0 Å². The van der Waals surface area contributed by atoms with Gasteiger partial charge in [-0.2, -0.15) is 0 Å². The van der Waals surface area contributed by atoms with Crippen LogP contribution in [0.15, 0.2) is 73.1 Å². The standard InChI is InChI=1S/C19H15NO2/c21-13-17-12-20-11-10-19(17)16-6-8-18(9-7-16)22-14-15-4-2-1-3-5-15/h1-13H,14H2. The van der Waals surface area contributed by atoms with E-state index < -0.39 is 0 Å². The summed E-state index contributed by atoms with van der Waals surface area (Å²) in [4.78, 5) is 15.0. The van der Waals surface area contributed by atoms with Crippen LogP contribution in [-0.2, 0) is 6.61 Å². The molecule has 1 aromatic heterocycles. The lowest BCUT2D eigenvalue weighted by atomic mass is 10.0. The number of aldehydes is 1. The third-order valence-electron chi connectivity index (χ3n) is 3.39. The molecule has 2 aromatic carbocycles. The van der Waals surface area contributed by atoms with Crippen LogP contribution in [0.3, 0.4) is 0 Å². The number of hydrogen-bond acceptors (Lipinski definition) is 3. The molecule has 0 aliphatic heterocycles. The molecule has 0 unspecified atom stereocenters. The van der Waals surface area contributed by atoms with E-state index in [1.807, 2.05) is 60.7 Å². The van der Waals surface area contributed by atoms with Crippen LogP contribution in [0.1, 0.15) is 15.9 Å². The summed E-state index contributed by atoms with van der Waals surface area (Å²) in [5.41, 5.74) is 3.56. The minimum atomic E-state index is 0.537. The SMILES string of the molecule is O=Cc1cnccc1-c1ccc(OCc2ccccc2)cc1. The van der Waals surface area contributed by atoms with Crippen molar-refractivity contribution in [1.29, 1.82) is 0 Å². The van der Waals surface area contributed by atoms with Gasteiger partial charge in [0.15, 0.2) is 6.29 Å². The summed E-state index contributed by atoms with van der Waals surface area (Å²) in [6.07, 6.45) is 4.08. The van der Waals surface area contributed by atoms with Gasteiger partial charge >= 0.3 is 0 Å². The van der Waals surface area contributed by atoms with Crippen LogP contribution < -0.4 is 4.74 Å². The molecule has 0 radical (unpaired) electrons. The van der Waals surface area contributed by atoms with Crippen molar-refractivity contribution in [2.45, 2.75) is 6.61 Å². The van der Waals surface area contributed by atoms with Gasteiger partial charge in [0.1, 0.15) is 12.4 Å². The summed E-state index contributed by atoms with van der Waals surface area (Å²) in [7, 11) is 0. The highest BCUT2D eigenvalue weighted by atomic mass is 16.5. The zero-order chi connectivity index (χ0) is 15.2. The molecule has 0 saturated carbocycles. The fourth-order valence-corrected chi connectivity index (χ4v) is 2.24. The average Bonchev–Trinajstić information content (AvgIpc) is 2.61. The number of nitrogens with zero attached hydrogens (tertiary/aromatic N) is 1. The number of hydrogen-bond donors (Lipinski definition) is 0. The molecule has 0 bridgehead atoms. The van der Waals surface area contributed by atoms with Crippen LogP contribution in [0.4, 0.5) is 0 Å². The van der Waals surface area contributed by atoms with Crippen molar-refractivity contribution < 1.29 is 9.53 Å². The lowest BCUT2D eigenvalue weighted by Crippen LogP contribution is -1.95. The number of carbonyl (C=O) groups is 1. The maximum atomic E-state index is 11.1. The number of carbonyl (C=O) groups excluding carboxylic acids is 1. The van der Waals surface area contributed by atoms with Crippen molar-refractivity contribution in [1.82, 2.24) is 4.98 Å². The van der Waals surface area contributed by atoms with E-state index in [9.17, 15) is 4.79 Å². The molecule has 1 heterocycles. The van der Waals surface area contributed by atoms with E-state index in [1.54, 1.807) is 12.4 Å². The summed E-state index contributed by atoms with van der Waals surface area (Å²) in [6, 6.07) is 19.6. The Morgan fingerprint density at radius 2 is 1.73 bits per heavy atom. The van der Waals surface area contributed by atoms with Gasteiger partial charge in [-0.3, -0.25) is 9.78 Å². The molecule has 0 atom stereocenters. The van der Waals surface area contributed by atoms with Gasteiger partial charge in [0.25, 0.3) is 0 Å². The van der Waals surface area contributed by atoms with E-state index in [2.05, 4.69) is 4.98 Å². The maximum Gasteiger partial charge on any atom is 0.152 e. The molecule has 0 aliphatic rings. The Kier molecular flexibility index (Phi) is 4.25. The number of benzene rings is 2. The molecule has 0 spiro atoms. The lowest BCUT2D eigenvalue weighted by molar-refractivity contribution is 0.112. The maximum absolute atomic E-state index is 11.1. The van der Waals surface area contributed by atoms with Crippen LogP contribution in [-0.4, -0.2) is 11.3 Å². The highest BCUT2D eigenvalue weighted by Crippen LogP contribution is 2.24. The average molecular weight is 289 g/mol. The van der Waals surface area contributed by atoms with Gasteiger partial charge in [0, 0.05) is 18.0 Å². The Hall–Kier alpha value is -2.94. The molecule has 0 amide bonds. The molecule has 3 nitrogen and oxygen atoms in total. The van der Waals surface area contributed by atoms with Gasteiger partial charge in [-0.15, -0.1) is 0 Å². The van der Waals surface area contributed by atoms with Gasteiger partial charge in [0.2, 0.25) is 0 Å². The van der Waals surface area contributed by atoms with Crippen LogP contribution in [0, 0.1) is 0 Å². The van der Waals surface area contributed by atoms with Crippen molar-refractivity contribution in [3.05, 3.63) is 84.2 Å². The van der Waals surface area contributed by atoms with E-state index in [0.717, 1.165) is 28.7 Å². The van der Waals surface area contributed by atoms with Crippen LogP contribution in [0.5, 0.6) is 5.75 Å². The third kappa shape index (κ3) is 3.20. The molecule has 0 aliphatic carbocycles. The molecule has 3 rings (SSSR count). The molecule has 0 N–H and O–H groups in total. The van der Waals surface area contributed by atoms with E-state index in [0.29, 0.717) is 12.2 Å². The first-order valence-electron chi connectivity index (χ1n) is 7.03. The minimum absolute atomic E-state index is 0.537. The van der Waals surface area contributed by atoms with Crippen molar-refractivity contribution in [2.75, 3.05) is 0 Å². The first kappa shape index (κ1) is 14.0. The smallest absolute Gasteiger partial charge is 0.152 e. The van der Waals surface area contributed by atoms with Gasteiger partial charge in [0.05, 0.1) is 0 Å². The summed E-state index contributed by atoms with van der Waals surface area (Å²) in [6.45, 7) is 0.537. The lowest BCUT2D eigenvalue weighted by Gasteiger charge is -2.08. The Morgan fingerprint density at radius 3 is 2.45 bits per heavy atom. The second-order valence-electron chi connectivity index (χ2n) is 4.88. The molecule has 22 heavy (non-hydrogen) atoms. The fraction of sp³-hybridized carbons (Fsp3) is 0.0526. The third-order valence-corrected chi connectivity index (χ3v) is 3.39. The zero-order valence-corrected chi connectivity index (χ0v) is 12.0. The molecule has 0 fully saturated rings. The van der Waals surface area contributed by atoms with Crippen LogP contribution >= 0.6 is 0 Å². The Balaban J connectivity index is 1.74. The quantitative estimate of drug-likeness (QED) is 0.663. The molecular formula is C19H15NO2. The predicted octanol–water partition coefficient (Wildman–Crippen LogP) is 4.14.